The van der Waals surface area contributed by atoms with Crippen LogP contribution in [0.15, 0.2) is 36.4 Å². The molecular weight excluding hydrogens is 218 g/mol. The number of halogens is 1. The molecule has 2 N–H and O–H groups in total. The number of aryl methyl sites for hydroxylation is 1. The van der Waals surface area contributed by atoms with Gasteiger partial charge in [-0.1, -0.05) is 29.8 Å². The summed E-state index contributed by atoms with van der Waals surface area (Å²) in [4.78, 5) is 0. The van der Waals surface area contributed by atoms with Crippen LogP contribution < -0.4 is 5.73 Å². The highest BCUT2D eigenvalue weighted by Crippen LogP contribution is 2.32. The Morgan fingerprint density at radius 1 is 1.00 bits per heavy atom. The SMILES string of the molecule is Cc1cccc(-c2cc(Cl)ccc2N)c1C. The average molecular weight is 232 g/mol. The summed E-state index contributed by atoms with van der Waals surface area (Å²) in [5.74, 6) is 0. The van der Waals surface area contributed by atoms with Gasteiger partial charge in [-0.3, -0.25) is 0 Å². The van der Waals surface area contributed by atoms with Crippen LogP contribution in [-0.2, 0) is 0 Å². The van der Waals surface area contributed by atoms with E-state index >= 15 is 0 Å². The smallest absolute Gasteiger partial charge is 0.0413 e. The molecule has 0 amide bonds. The van der Waals surface area contributed by atoms with E-state index in [-0.39, 0.29) is 0 Å². The fraction of sp³-hybridized carbons (Fsp3) is 0.143. The Morgan fingerprint density at radius 3 is 2.50 bits per heavy atom. The average Bonchev–Trinajstić information content (AvgIpc) is 2.26. The van der Waals surface area contributed by atoms with Gasteiger partial charge in [-0.2, -0.15) is 0 Å². The molecule has 0 atom stereocenters. The minimum Gasteiger partial charge on any atom is -0.398 e. The van der Waals surface area contributed by atoms with E-state index in [1.54, 1.807) is 0 Å². The number of nitrogen functional groups attached to an aromatic ring is 1. The lowest BCUT2D eigenvalue weighted by Gasteiger charge is -2.11. The Morgan fingerprint density at radius 2 is 1.75 bits per heavy atom. The molecule has 0 spiro atoms. The van der Waals surface area contributed by atoms with Crippen LogP contribution in [0.1, 0.15) is 11.1 Å². The molecule has 0 aliphatic rings. The maximum absolute atomic E-state index is 6.00. The van der Waals surface area contributed by atoms with Crippen LogP contribution in [0.5, 0.6) is 0 Å². The summed E-state index contributed by atoms with van der Waals surface area (Å²) in [6, 6.07) is 11.8. The molecule has 0 heterocycles. The molecule has 2 heteroatoms. The molecule has 0 unspecified atom stereocenters. The van der Waals surface area contributed by atoms with Gasteiger partial charge < -0.3 is 5.73 Å². The molecule has 0 saturated carbocycles. The van der Waals surface area contributed by atoms with Gasteiger partial charge in [-0.15, -0.1) is 0 Å². The number of rotatable bonds is 1. The molecule has 0 fully saturated rings. The Balaban J connectivity index is 2.67. The topological polar surface area (TPSA) is 26.0 Å². The van der Waals surface area contributed by atoms with Crippen molar-refractivity contribution in [3.8, 4) is 11.1 Å². The van der Waals surface area contributed by atoms with Crippen molar-refractivity contribution in [1.29, 1.82) is 0 Å². The standard InChI is InChI=1S/C14H14ClN/c1-9-4-3-5-12(10(9)2)13-8-11(15)6-7-14(13)16/h3-8H,16H2,1-2H3. The molecular formula is C14H14ClN. The van der Waals surface area contributed by atoms with Gasteiger partial charge in [0.1, 0.15) is 0 Å². The molecule has 0 aliphatic carbocycles. The summed E-state index contributed by atoms with van der Waals surface area (Å²) in [5.41, 5.74) is 11.4. The molecule has 2 rings (SSSR count). The highest BCUT2D eigenvalue weighted by Gasteiger charge is 2.07. The molecule has 16 heavy (non-hydrogen) atoms. The van der Waals surface area contributed by atoms with Gasteiger partial charge in [-0.05, 0) is 48.7 Å². The number of hydrogen-bond acceptors (Lipinski definition) is 1. The molecule has 0 aromatic heterocycles. The van der Waals surface area contributed by atoms with Crippen molar-refractivity contribution in [2.75, 3.05) is 5.73 Å². The fourth-order valence-corrected chi connectivity index (χ4v) is 1.98. The third-order valence-corrected chi connectivity index (χ3v) is 3.15. The minimum absolute atomic E-state index is 0.713. The lowest BCUT2D eigenvalue weighted by Crippen LogP contribution is -1.93. The second kappa shape index (κ2) is 4.18. The van der Waals surface area contributed by atoms with Crippen LogP contribution >= 0.6 is 11.6 Å². The third kappa shape index (κ3) is 1.91. The third-order valence-electron chi connectivity index (χ3n) is 2.91. The van der Waals surface area contributed by atoms with Gasteiger partial charge in [0.15, 0.2) is 0 Å². The van der Waals surface area contributed by atoms with Gasteiger partial charge in [0.05, 0.1) is 0 Å². The van der Waals surface area contributed by atoms with Gasteiger partial charge in [0, 0.05) is 16.3 Å². The first-order valence-corrected chi connectivity index (χ1v) is 5.59. The van der Waals surface area contributed by atoms with Crippen molar-refractivity contribution >= 4 is 17.3 Å². The van der Waals surface area contributed by atoms with Crippen molar-refractivity contribution < 1.29 is 0 Å². The van der Waals surface area contributed by atoms with Crippen LogP contribution in [0.25, 0.3) is 11.1 Å². The predicted octanol–water partition coefficient (Wildman–Crippen LogP) is 4.21. The van der Waals surface area contributed by atoms with E-state index in [1.807, 2.05) is 24.3 Å². The van der Waals surface area contributed by atoms with Crippen molar-refractivity contribution in [2.45, 2.75) is 13.8 Å². The first-order valence-electron chi connectivity index (χ1n) is 5.21. The Bertz CT molecular complexity index is 532. The van der Waals surface area contributed by atoms with E-state index < -0.39 is 0 Å². The summed E-state index contributed by atoms with van der Waals surface area (Å²) in [7, 11) is 0. The number of nitrogens with two attached hydrogens (primary N) is 1. The molecule has 2 aromatic carbocycles. The molecule has 82 valence electrons. The van der Waals surface area contributed by atoms with Crippen molar-refractivity contribution in [2.24, 2.45) is 0 Å². The largest absolute Gasteiger partial charge is 0.398 e. The van der Waals surface area contributed by atoms with Crippen LogP contribution in [0.2, 0.25) is 5.02 Å². The summed E-state index contributed by atoms with van der Waals surface area (Å²) in [6.07, 6.45) is 0. The first kappa shape index (κ1) is 11.0. The number of anilines is 1. The van der Waals surface area contributed by atoms with Crippen LogP contribution in [0.3, 0.4) is 0 Å². The molecule has 0 bridgehead atoms. The van der Waals surface area contributed by atoms with Crippen molar-refractivity contribution in [3.63, 3.8) is 0 Å². The fourth-order valence-electron chi connectivity index (χ4n) is 1.80. The van der Waals surface area contributed by atoms with Crippen LogP contribution in [0.4, 0.5) is 5.69 Å². The monoisotopic (exact) mass is 231 g/mol. The second-order valence-corrected chi connectivity index (χ2v) is 4.42. The molecule has 0 saturated heterocycles. The summed E-state index contributed by atoms with van der Waals surface area (Å²) >= 11 is 6.00. The number of benzene rings is 2. The summed E-state index contributed by atoms with van der Waals surface area (Å²) < 4.78 is 0. The van der Waals surface area contributed by atoms with Gasteiger partial charge >= 0.3 is 0 Å². The van der Waals surface area contributed by atoms with Gasteiger partial charge in [0.25, 0.3) is 0 Å². The first-order chi connectivity index (χ1) is 7.59. The maximum Gasteiger partial charge on any atom is 0.0413 e. The zero-order valence-corrected chi connectivity index (χ0v) is 10.2. The zero-order valence-electron chi connectivity index (χ0n) is 9.42. The molecule has 0 radical (unpaired) electrons. The lowest BCUT2D eigenvalue weighted by atomic mass is 9.96. The van der Waals surface area contributed by atoms with E-state index in [1.165, 1.54) is 11.1 Å². The second-order valence-electron chi connectivity index (χ2n) is 3.98. The van der Waals surface area contributed by atoms with E-state index in [0.29, 0.717) is 5.02 Å². The molecule has 0 aliphatic heterocycles. The molecule has 2 aromatic rings. The van der Waals surface area contributed by atoms with Gasteiger partial charge in [-0.25, -0.2) is 0 Å². The van der Waals surface area contributed by atoms with Crippen LogP contribution in [-0.4, -0.2) is 0 Å². The lowest BCUT2D eigenvalue weighted by molar-refractivity contribution is 1.34. The normalized spacial score (nSPS) is 10.4. The minimum atomic E-state index is 0.713. The highest BCUT2D eigenvalue weighted by molar-refractivity contribution is 6.31. The summed E-state index contributed by atoms with van der Waals surface area (Å²) in [5, 5.41) is 0.713. The predicted molar refractivity (Wildman–Crippen MR) is 70.8 cm³/mol. The Hall–Kier alpha value is -1.47. The van der Waals surface area contributed by atoms with Crippen LogP contribution in [0, 0.1) is 13.8 Å². The van der Waals surface area contributed by atoms with E-state index in [4.69, 9.17) is 17.3 Å². The zero-order chi connectivity index (χ0) is 11.7. The van der Waals surface area contributed by atoms with Crippen molar-refractivity contribution in [1.82, 2.24) is 0 Å². The van der Waals surface area contributed by atoms with Crippen molar-refractivity contribution in [3.05, 3.63) is 52.5 Å². The van der Waals surface area contributed by atoms with E-state index in [0.717, 1.165) is 16.8 Å². The van der Waals surface area contributed by atoms with E-state index in [9.17, 15) is 0 Å². The van der Waals surface area contributed by atoms with E-state index in [2.05, 4.69) is 26.0 Å². The Kier molecular flexibility index (Phi) is 2.88. The molecule has 1 nitrogen and oxygen atoms in total. The van der Waals surface area contributed by atoms with Gasteiger partial charge in [0.2, 0.25) is 0 Å². The quantitative estimate of drug-likeness (QED) is 0.732. The summed E-state index contributed by atoms with van der Waals surface area (Å²) in [6.45, 7) is 4.20. The maximum atomic E-state index is 6.00. The number of hydrogen-bond donors (Lipinski definition) is 1. The highest BCUT2D eigenvalue weighted by atomic mass is 35.5. The Labute approximate surface area is 101 Å².